The number of Topliss-reactive ketones (excluding diaryl/α,β-unsaturated/α-hetero) is 1. The van der Waals surface area contributed by atoms with Crippen LogP contribution in [0.15, 0.2) is 28.7 Å². The van der Waals surface area contributed by atoms with Crippen LogP contribution in [0.5, 0.6) is 0 Å². The molecule has 0 saturated heterocycles. The lowest BCUT2D eigenvalue weighted by Crippen LogP contribution is -2.24. The van der Waals surface area contributed by atoms with Crippen molar-refractivity contribution >= 4 is 21.7 Å². The number of hydrogen-bond acceptors (Lipinski definition) is 1. The van der Waals surface area contributed by atoms with Crippen LogP contribution < -0.4 is 0 Å². The first-order valence-corrected chi connectivity index (χ1v) is 6.03. The zero-order valence-electron chi connectivity index (χ0n) is 9.51. The molecule has 82 valence electrons. The topological polar surface area (TPSA) is 17.1 Å². The molecule has 0 radical (unpaired) electrons. The van der Waals surface area contributed by atoms with E-state index in [9.17, 15) is 4.79 Å². The van der Waals surface area contributed by atoms with E-state index in [1.807, 2.05) is 38.1 Å². The number of carbonyl (C=O) groups is 1. The third kappa shape index (κ3) is 3.45. The fourth-order valence-corrected chi connectivity index (χ4v) is 1.72. The summed E-state index contributed by atoms with van der Waals surface area (Å²) >= 11 is 3.41. The van der Waals surface area contributed by atoms with Gasteiger partial charge in [0.05, 0.1) is 0 Å². The van der Waals surface area contributed by atoms with Crippen LogP contribution in [0.3, 0.4) is 0 Å². The van der Waals surface area contributed by atoms with E-state index in [2.05, 4.69) is 22.9 Å². The molecule has 0 bridgehead atoms. The van der Waals surface area contributed by atoms with Crippen molar-refractivity contribution in [3.63, 3.8) is 0 Å². The molecule has 0 N–H and O–H groups in total. The normalized spacial score (nSPS) is 11.5. The van der Waals surface area contributed by atoms with Gasteiger partial charge in [0.2, 0.25) is 0 Å². The monoisotopic (exact) mass is 268 g/mol. The van der Waals surface area contributed by atoms with Gasteiger partial charge in [-0.15, -0.1) is 0 Å². The van der Waals surface area contributed by atoms with Crippen molar-refractivity contribution in [1.29, 1.82) is 0 Å². The van der Waals surface area contributed by atoms with Crippen LogP contribution >= 0.6 is 15.9 Å². The SMILES string of the molecule is CCC(C)(C)C(=O)Cc1cccc(Br)c1. The molecule has 2 heteroatoms. The summed E-state index contributed by atoms with van der Waals surface area (Å²) in [4.78, 5) is 12.0. The van der Waals surface area contributed by atoms with Crippen molar-refractivity contribution in [3.8, 4) is 0 Å². The smallest absolute Gasteiger partial charge is 0.142 e. The molecule has 1 aromatic carbocycles. The molecule has 1 nitrogen and oxygen atoms in total. The third-order valence-corrected chi connectivity index (χ3v) is 3.39. The van der Waals surface area contributed by atoms with Gasteiger partial charge in [-0.2, -0.15) is 0 Å². The van der Waals surface area contributed by atoms with Crippen molar-refractivity contribution < 1.29 is 4.79 Å². The molecule has 0 atom stereocenters. The molecular weight excluding hydrogens is 252 g/mol. The van der Waals surface area contributed by atoms with E-state index >= 15 is 0 Å². The van der Waals surface area contributed by atoms with E-state index in [-0.39, 0.29) is 5.41 Å². The molecule has 0 aromatic heterocycles. The molecule has 1 aromatic rings. The Morgan fingerprint density at radius 1 is 1.40 bits per heavy atom. The van der Waals surface area contributed by atoms with Gasteiger partial charge in [-0.3, -0.25) is 4.79 Å². The van der Waals surface area contributed by atoms with Crippen molar-refractivity contribution in [2.45, 2.75) is 33.6 Å². The van der Waals surface area contributed by atoms with Gasteiger partial charge in [-0.25, -0.2) is 0 Å². The van der Waals surface area contributed by atoms with Crippen LogP contribution in [-0.2, 0) is 11.2 Å². The van der Waals surface area contributed by atoms with Crippen LogP contribution in [0.2, 0.25) is 0 Å². The van der Waals surface area contributed by atoms with Gasteiger partial charge in [0.15, 0.2) is 0 Å². The fourth-order valence-electron chi connectivity index (χ4n) is 1.27. The van der Waals surface area contributed by atoms with E-state index in [0.29, 0.717) is 12.2 Å². The molecule has 0 amide bonds. The molecule has 1 rings (SSSR count). The van der Waals surface area contributed by atoms with Crippen LogP contribution in [0.1, 0.15) is 32.8 Å². The van der Waals surface area contributed by atoms with Crippen molar-refractivity contribution in [1.82, 2.24) is 0 Å². The molecule has 0 saturated carbocycles. The van der Waals surface area contributed by atoms with Gasteiger partial charge < -0.3 is 0 Å². The molecule has 0 fully saturated rings. The summed E-state index contributed by atoms with van der Waals surface area (Å²) in [6, 6.07) is 7.93. The lowest BCUT2D eigenvalue weighted by atomic mass is 9.82. The van der Waals surface area contributed by atoms with Crippen molar-refractivity contribution in [2.75, 3.05) is 0 Å². The second-order valence-corrected chi connectivity index (χ2v) is 5.38. The van der Waals surface area contributed by atoms with Gasteiger partial charge in [0, 0.05) is 16.3 Å². The number of rotatable bonds is 4. The number of halogens is 1. The minimum atomic E-state index is -0.206. The molecule has 0 spiro atoms. The Labute approximate surface area is 100 Å². The first kappa shape index (κ1) is 12.4. The fraction of sp³-hybridized carbons (Fsp3) is 0.462. The Kier molecular flexibility index (Phi) is 4.09. The summed E-state index contributed by atoms with van der Waals surface area (Å²) in [5.41, 5.74) is 0.874. The zero-order valence-corrected chi connectivity index (χ0v) is 11.1. The minimum Gasteiger partial charge on any atom is -0.299 e. The summed E-state index contributed by atoms with van der Waals surface area (Å²) in [7, 11) is 0. The molecule has 0 heterocycles. The second-order valence-electron chi connectivity index (χ2n) is 4.47. The number of hydrogen-bond donors (Lipinski definition) is 0. The molecular formula is C13H17BrO. The average Bonchev–Trinajstić information content (AvgIpc) is 2.17. The van der Waals surface area contributed by atoms with E-state index in [1.165, 1.54) is 0 Å². The molecule has 0 unspecified atom stereocenters. The van der Waals surface area contributed by atoms with Gasteiger partial charge >= 0.3 is 0 Å². The van der Waals surface area contributed by atoms with Gasteiger partial charge in [0.25, 0.3) is 0 Å². The Balaban J connectivity index is 2.75. The maximum Gasteiger partial charge on any atom is 0.142 e. The quantitative estimate of drug-likeness (QED) is 0.807. The standard InChI is InChI=1S/C13H17BrO/c1-4-13(2,3)12(15)9-10-6-5-7-11(14)8-10/h5-8H,4,9H2,1-3H3. The van der Waals surface area contributed by atoms with Gasteiger partial charge in [0.1, 0.15) is 5.78 Å². The lowest BCUT2D eigenvalue weighted by Gasteiger charge is -2.20. The highest BCUT2D eigenvalue weighted by Gasteiger charge is 2.24. The summed E-state index contributed by atoms with van der Waals surface area (Å²) in [6.45, 7) is 6.07. The maximum absolute atomic E-state index is 12.0. The van der Waals surface area contributed by atoms with Crippen molar-refractivity contribution in [2.24, 2.45) is 5.41 Å². The lowest BCUT2D eigenvalue weighted by molar-refractivity contribution is -0.126. The van der Waals surface area contributed by atoms with E-state index in [0.717, 1.165) is 16.5 Å². The summed E-state index contributed by atoms with van der Waals surface area (Å²) in [5, 5.41) is 0. The largest absolute Gasteiger partial charge is 0.299 e. The number of ketones is 1. The molecule has 0 aliphatic rings. The van der Waals surface area contributed by atoms with Crippen LogP contribution in [-0.4, -0.2) is 5.78 Å². The van der Waals surface area contributed by atoms with Gasteiger partial charge in [-0.05, 0) is 24.1 Å². The first-order chi connectivity index (χ1) is 6.95. The van der Waals surface area contributed by atoms with Crippen LogP contribution in [0.4, 0.5) is 0 Å². The Morgan fingerprint density at radius 2 is 2.07 bits per heavy atom. The highest BCUT2D eigenvalue weighted by molar-refractivity contribution is 9.10. The Morgan fingerprint density at radius 3 is 2.60 bits per heavy atom. The summed E-state index contributed by atoms with van der Waals surface area (Å²) in [6.07, 6.45) is 1.42. The zero-order chi connectivity index (χ0) is 11.5. The average molecular weight is 269 g/mol. The maximum atomic E-state index is 12.0. The van der Waals surface area contributed by atoms with E-state index < -0.39 is 0 Å². The van der Waals surface area contributed by atoms with Crippen molar-refractivity contribution in [3.05, 3.63) is 34.3 Å². The van der Waals surface area contributed by atoms with Crippen LogP contribution in [0, 0.1) is 5.41 Å². The summed E-state index contributed by atoms with van der Waals surface area (Å²) in [5.74, 6) is 0.308. The van der Waals surface area contributed by atoms with Gasteiger partial charge in [-0.1, -0.05) is 48.8 Å². The van der Waals surface area contributed by atoms with E-state index in [1.54, 1.807) is 0 Å². The van der Waals surface area contributed by atoms with Crippen LogP contribution in [0.25, 0.3) is 0 Å². The number of benzene rings is 1. The highest BCUT2D eigenvalue weighted by Crippen LogP contribution is 2.23. The number of carbonyl (C=O) groups excluding carboxylic acids is 1. The molecule has 0 aliphatic carbocycles. The second kappa shape index (κ2) is 4.93. The minimum absolute atomic E-state index is 0.206. The predicted molar refractivity (Wildman–Crippen MR) is 66.9 cm³/mol. The third-order valence-electron chi connectivity index (χ3n) is 2.89. The molecule has 0 aliphatic heterocycles. The Bertz CT molecular complexity index is 355. The Hall–Kier alpha value is -0.630. The molecule has 15 heavy (non-hydrogen) atoms. The summed E-state index contributed by atoms with van der Waals surface area (Å²) < 4.78 is 1.03. The first-order valence-electron chi connectivity index (χ1n) is 5.23. The highest BCUT2D eigenvalue weighted by atomic mass is 79.9. The predicted octanol–water partition coefficient (Wildman–Crippen LogP) is 4.00. The van der Waals surface area contributed by atoms with E-state index in [4.69, 9.17) is 0 Å².